The van der Waals surface area contributed by atoms with Gasteiger partial charge >= 0.3 is 0 Å². The molecule has 0 bridgehead atoms. The van der Waals surface area contributed by atoms with E-state index in [0.29, 0.717) is 0 Å². The molecular weight excluding hydrogens is 245 g/mol. The van der Waals surface area contributed by atoms with Crippen LogP contribution in [0.3, 0.4) is 0 Å². The number of thiocarbonyl (C=S) groups is 1. The molecule has 1 aliphatic rings. The predicted octanol–water partition coefficient (Wildman–Crippen LogP) is 1.86. The molecule has 0 atom stereocenters. The van der Waals surface area contributed by atoms with Crippen LogP contribution in [-0.4, -0.2) is 16.6 Å². The van der Waals surface area contributed by atoms with E-state index in [1.54, 1.807) is 17.8 Å². The van der Waals surface area contributed by atoms with E-state index < -0.39 is 0 Å². The van der Waals surface area contributed by atoms with Crippen LogP contribution in [0.5, 0.6) is 0 Å². The lowest BCUT2D eigenvalue weighted by atomic mass is 10.1. The number of thioether (sulfide) groups is 1. The van der Waals surface area contributed by atoms with E-state index in [2.05, 4.69) is 22.7 Å². The summed E-state index contributed by atoms with van der Waals surface area (Å²) in [6, 6.07) is 4.71. The van der Waals surface area contributed by atoms with Crippen LogP contribution in [0, 0.1) is 5.82 Å². The van der Waals surface area contributed by atoms with Crippen molar-refractivity contribution in [1.82, 2.24) is 5.43 Å². The first kappa shape index (κ1) is 11.3. The Balaban J connectivity index is 2.35. The lowest BCUT2D eigenvalue weighted by Crippen LogP contribution is -2.26. The van der Waals surface area contributed by atoms with Gasteiger partial charge in [0.05, 0.1) is 5.71 Å². The van der Waals surface area contributed by atoms with Crippen molar-refractivity contribution in [2.75, 3.05) is 5.75 Å². The van der Waals surface area contributed by atoms with Crippen LogP contribution in [0.15, 0.2) is 28.2 Å². The Morgan fingerprint density at radius 2 is 2.38 bits per heavy atom. The zero-order valence-corrected chi connectivity index (χ0v) is 10.00. The van der Waals surface area contributed by atoms with E-state index in [4.69, 9.17) is 5.73 Å². The summed E-state index contributed by atoms with van der Waals surface area (Å²) in [7, 11) is 0. The second kappa shape index (κ2) is 4.80. The molecule has 0 aromatic heterocycles. The highest BCUT2D eigenvalue weighted by Crippen LogP contribution is 2.30. The highest BCUT2D eigenvalue weighted by molar-refractivity contribution is 7.99. The van der Waals surface area contributed by atoms with Crippen LogP contribution in [-0.2, 0) is 0 Å². The molecule has 0 amide bonds. The first-order valence-electron chi connectivity index (χ1n) is 4.71. The Kier molecular flexibility index (Phi) is 3.40. The van der Waals surface area contributed by atoms with Gasteiger partial charge in [-0.25, -0.2) is 4.39 Å². The van der Waals surface area contributed by atoms with Crippen molar-refractivity contribution in [3.8, 4) is 0 Å². The molecule has 0 radical (unpaired) electrons. The van der Waals surface area contributed by atoms with Gasteiger partial charge in [0.25, 0.3) is 0 Å². The molecule has 3 N–H and O–H groups in total. The molecule has 0 fully saturated rings. The van der Waals surface area contributed by atoms with Crippen LogP contribution < -0.4 is 11.2 Å². The number of nitrogens with one attached hydrogen (secondary N) is 1. The van der Waals surface area contributed by atoms with E-state index >= 15 is 0 Å². The van der Waals surface area contributed by atoms with Gasteiger partial charge in [-0.15, -0.1) is 11.8 Å². The molecule has 3 nitrogen and oxygen atoms in total. The number of fused-ring (bicyclic) bond motifs is 1. The SMILES string of the molecule is NC(=S)N/N=C1/CCSc2ccc(F)cc21. The van der Waals surface area contributed by atoms with Gasteiger partial charge in [-0.2, -0.15) is 5.10 Å². The smallest absolute Gasteiger partial charge is 0.184 e. The minimum Gasteiger partial charge on any atom is -0.375 e. The zero-order chi connectivity index (χ0) is 11.5. The largest absolute Gasteiger partial charge is 0.375 e. The minimum atomic E-state index is -0.260. The number of hydrazone groups is 1. The molecule has 2 rings (SSSR count). The van der Waals surface area contributed by atoms with Gasteiger partial charge in [0.2, 0.25) is 0 Å². The zero-order valence-electron chi connectivity index (χ0n) is 8.37. The molecule has 1 aromatic rings. The molecule has 0 saturated heterocycles. The van der Waals surface area contributed by atoms with E-state index in [1.165, 1.54) is 12.1 Å². The quantitative estimate of drug-likeness (QED) is 0.594. The maximum Gasteiger partial charge on any atom is 0.184 e. The summed E-state index contributed by atoms with van der Waals surface area (Å²) in [4.78, 5) is 1.04. The summed E-state index contributed by atoms with van der Waals surface area (Å²) in [5.74, 6) is 0.667. The lowest BCUT2D eigenvalue weighted by Gasteiger charge is -2.17. The molecule has 0 unspecified atom stereocenters. The molecule has 0 spiro atoms. The van der Waals surface area contributed by atoms with E-state index in [1.807, 2.05) is 0 Å². The van der Waals surface area contributed by atoms with Gasteiger partial charge < -0.3 is 5.73 Å². The van der Waals surface area contributed by atoms with Gasteiger partial charge in [-0.1, -0.05) is 0 Å². The number of hydrogen-bond donors (Lipinski definition) is 2. The number of rotatable bonds is 1. The van der Waals surface area contributed by atoms with Crippen LogP contribution in [0.1, 0.15) is 12.0 Å². The maximum absolute atomic E-state index is 13.1. The van der Waals surface area contributed by atoms with E-state index in [0.717, 1.165) is 28.3 Å². The summed E-state index contributed by atoms with van der Waals surface area (Å²) >= 11 is 6.36. The van der Waals surface area contributed by atoms with Gasteiger partial charge in [0, 0.05) is 22.6 Å². The van der Waals surface area contributed by atoms with Crippen LogP contribution in [0.4, 0.5) is 4.39 Å². The third-order valence-corrected chi connectivity index (χ3v) is 3.32. The fourth-order valence-electron chi connectivity index (χ4n) is 1.48. The minimum absolute atomic E-state index is 0.115. The van der Waals surface area contributed by atoms with Crippen molar-refractivity contribution >= 4 is 34.8 Å². The molecule has 1 aliphatic heterocycles. The Morgan fingerprint density at radius 3 is 3.12 bits per heavy atom. The van der Waals surface area contributed by atoms with Crippen molar-refractivity contribution < 1.29 is 4.39 Å². The number of halogens is 1. The molecule has 0 saturated carbocycles. The third-order valence-electron chi connectivity index (χ3n) is 2.15. The first-order chi connectivity index (χ1) is 7.66. The maximum atomic E-state index is 13.1. The van der Waals surface area contributed by atoms with E-state index in [9.17, 15) is 4.39 Å². The molecule has 1 heterocycles. The second-order valence-electron chi connectivity index (χ2n) is 3.27. The fraction of sp³-hybridized carbons (Fsp3) is 0.200. The Hall–Kier alpha value is -1.14. The van der Waals surface area contributed by atoms with Crippen molar-refractivity contribution in [1.29, 1.82) is 0 Å². The average molecular weight is 255 g/mol. The highest BCUT2D eigenvalue weighted by Gasteiger charge is 2.16. The summed E-state index contributed by atoms with van der Waals surface area (Å²) in [6.45, 7) is 0. The fourth-order valence-corrected chi connectivity index (χ4v) is 2.54. The predicted molar refractivity (Wildman–Crippen MR) is 68.2 cm³/mol. The number of hydrogen-bond acceptors (Lipinski definition) is 3. The summed E-state index contributed by atoms with van der Waals surface area (Å²) in [5.41, 5.74) is 9.45. The number of nitrogens with two attached hydrogens (primary N) is 1. The van der Waals surface area contributed by atoms with Crippen molar-refractivity contribution in [3.05, 3.63) is 29.6 Å². The van der Waals surface area contributed by atoms with Crippen LogP contribution in [0.25, 0.3) is 0 Å². The molecule has 84 valence electrons. The van der Waals surface area contributed by atoms with Gasteiger partial charge in [0.15, 0.2) is 5.11 Å². The monoisotopic (exact) mass is 255 g/mol. The van der Waals surface area contributed by atoms with Crippen molar-refractivity contribution in [2.24, 2.45) is 10.8 Å². The summed E-state index contributed by atoms with van der Waals surface area (Å²) in [5, 5.41) is 4.20. The second-order valence-corrected chi connectivity index (χ2v) is 4.85. The van der Waals surface area contributed by atoms with E-state index in [-0.39, 0.29) is 10.9 Å². The van der Waals surface area contributed by atoms with Crippen LogP contribution >= 0.6 is 24.0 Å². The summed E-state index contributed by atoms with van der Waals surface area (Å²) in [6.07, 6.45) is 0.775. The Labute approximate surface area is 102 Å². The molecular formula is C10H10FN3S2. The average Bonchev–Trinajstić information content (AvgIpc) is 2.26. The van der Waals surface area contributed by atoms with Gasteiger partial charge in [-0.05, 0) is 30.4 Å². The van der Waals surface area contributed by atoms with Gasteiger partial charge in [0.1, 0.15) is 5.82 Å². The Bertz CT molecular complexity index is 459. The van der Waals surface area contributed by atoms with Crippen molar-refractivity contribution in [3.63, 3.8) is 0 Å². The highest BCUT2D eigenvalue weighted by atomic mass is 32.2. The van der Waals surface area contributed by atoms with Crippen molar-refractivity contribution in [2.45, 2.75) is 11.3 Å². The molecule has 1 aromatic carbocycles. The summed E-state index contributed by atoms with van der Waals surface area (Å²) < 4.78 is 13.1. The number of nitrogens with zero attached hydrogens (tertiary/aromatic N) is 1. The lowest BCUT2D eigenvalue weighted by molar-refractivity contribution is 0.626. The van der Waals surface area contributed by atoms with Gasteiger partial charge in [-0.3, -0.25) is 5.43 Å². The Morgan fingerprint density at radius 1 is 1.56 bits per heavy atom. The number of benzene rings is 1. The topological polar surface area (TPSA) is 50.4 Å². The normalized spacial score (nSPS) is 16.9. The van der Waals surface area contributed by atoms with Crippen LogP contribution in [0.2, 0.25) is 0 Å². The third kappa shape index (κ3) is 2.51. The molecule has 16 heavy (non-hydrogen) atoms. The molecule has 0 aliphatic carbocycles. The standard InChI is InChI=1S/C10H10FN3S2/c11-6-1-2-9-7(5-6)8(3-4-16-9)13-14-10(12)15/h1-2,5H,3-4H2,(H3,12,14,15)/b13-8-. The first-order valence-corrected chi connectivity index (χ1v) is 6.11. The molecule has 6 heteroatoms.